The molecule has 7 nitrogen and oxygen atoms in total. The zero-order valence-corrected chi connectivity index (χ0v) is 24.3. The van der Waals surface area contributed by atoms with E-state index in [9.17, 15) is 19.5 Å². The van der Waals surface area contributed by atoms with Crippen molar-refractivity contribution in [2.24, 2.45) is 11.8 Å². The predicted octanol–water partition coefficient (Wildman–Crippen LogP) is 4.59. The van der Waals surface area contributed by atoms with E-state index >= 15 is 0 Å². The fourth-order valence-corrected chi connectivity index (χ4v) is 9.12. The summed E-state index contributed by atoms with van der Waals surface area (Å²) in [5.74, 6) is -1.83. The molecule has 8 heteroatoms. The number of aryl methyl sites for hydroxylation is 2. The number of likely N-dealkylation sites (tertiary alicyclic amines) is 1. The molecule has 3 heterocycles. The van der Waals surface area contributed by atoms with Crippen LogP contribution in [0.15, 0.2) is 43.5 Å². The number of thioether (sulfide) groups is 1. The monoisotopic (exact) mass is 554 g/mol. The molecule has 1 aromatic carbocycles. The van der Waals surface area contributed by atoms with E-state index in [4.69, 9.17) is 4.74 Å². The minimum Gasteiger partial charge on any atom is -0.465 e. The van der Waals surface area contributed by atoms with Gasteiger partial charge in [0.1, 0.15) is 6.04 Å². The van der Waals surface area contributed by atoms with Crippen LogP contribution in [0.3, 0.4) is 0 Å². The van der Waals surface area contributed by atoms with Gasteiger partial charge in [0.15, 0.2) is 0 Å². The highest BCUT2D eigenvalue weighted by molar-refractivity contribution is 8.02. The Morgan fingerprint density at radius 2 is 1.97 bits per heavy atom. The molecule has 3 saturated heterocycles. The van der Waals surface area contributed by atoms with Gasteiger partial charge in [-0.3, -0.25) is 14.4 Å². The molecule has 3 aliphatic heterocycles. The van der Waals surface area contributed by atoms with Crippen molar-refractivity contribution in [3.8, 4) is 0 Å². The first-order valence-electron chi connectivity index (χ1n) is 14.0. The molecule has 0 aromatic heterocycles. The molecule has 3 aliphatic rings. The molecule has 1 N–H and O–H groups in total. The molecule has 212 valence electrons. The van der Waals surface area contributed by atoms with Crippen LogP contribution in [-0.2, 0) is 19.1 Å². The largest absolute Gasteiger partial charge is 0.465 e. The number of allylic oxidation sites excluding steroid dienone is 1. The van der Waals surface area contributed by atoms with Crippen LogP contribution in [0.2, 0.25) is 0 Å². The Hall–Kier alpha value is -2.58. The summed E-state index contributed by atoms with van der Waals surface area (Å²) in [6.07, 6.45) is 7.50. The Kier molecular flexibility index (Phi) is 8.96. The van der Waals surface area contributed by atoms with Crippen LogP contribution < -0.4 is 4.90 Å². The summed E-state index contributed by atoms with van der Waals surface area (Å²) in [6.45, 7) is 14.6. The number of carbonyl (C=O) groups is 3. The topological polar surface area (TPSA) is 87.1 Å². The van der Waals surface area contributed by atoms with Crippen molar-refractivity contribution in [3.63, 3.8) is 0 Å². The lowest BCUT2D eigenvalue weighted by atomic mass is 9.66. The fourth-order valence-electron chi connectivity index (χ4n) is 6.78. The van der Waals surface area contributed by atoms with Gasteiger partial charge < -0.3 is 19.6 Å². The van der Waals surface area contributed by atoms with Crippen LogP contribution in [0.4, 0.5) is 5.69 Å². The number of ether oxygens (including phenoxy) is 1. The summed E-state index contributed by atoms with van der Waals surface area (Å²) in [4.78, 5) is 45.8. The van der Waals surface area contributed by atoms with Gasteiger partial charge in [-0.15, -0.1) is 24.9 Å². The molecule has 2 bridgehead atoms. The van der Waals surface area contributed by atoms with Gasteiger partial charge in [0.05, 0.1) is 23.2 Å². The van der Waals surface area contributed by atoms with Crippen molar-refractivity contribution in [3.05, 3.63) is 54.6 Å². The number of fused-ring (bicyclic) bond motifs is 1. The van der Waals surface area contributed by atoms with Crippen molar-refractivity contribution in [2.75, 3.05) is 31.2 Å². The van der Waals surface area contributed by atoms with Crippen LogP contribution in [0.1, 0.15) is 56.6 Å². The highest BCUT2D eigenvalue weighted by Gasteiger charge is 2.77. The lowest BCUT2D eigenvalue weighted by molar-refractivity contribution is -0.155. The summed E-state index contributed by atoms with van der Waals surface area (Å²) < 4.78 is 4.53. The van der Waals surface area contributed by atoms with E-state index in [2.05, 4.69) is 20.1 Å². The number of esters is 1. The van der Waals surface area contributed by atoms with Crippen LogP contribution in [0, 0.1) is 25.7 Å². The minimum atomic E-state index is -0.709. The number of carbonyl (C=O) groups excluding carboxylic acids is 3. The molecule has 3 fully saturated rings. The molecule has 39 heavy (non-hydrogen) atoms. The molecular weight excluding hydrogens is 512 g/mol. The Balaban J connectivity index is 1.74. The zero-order chi connectivity index (χ0) is 28.4. The highest BCUT2D eigenvalue weighted by atomic mass is 32.2. The van der Waals surface area contributed by atoms with Crippen molar-refractivity contribution in [2.45, 2.75) is 74.8 Å². The number of aliphatic hydroxyl groups excluding tert-OH is 1. The van der Waals surface area contributed by atoms with Gasteiger partial charge in [0.2, 0.25) is 5.91 Å². The first-order chi connectivity index (χ1) is 18.6. The van der Waals surface area contributed by atoms with E-state index in [0.29, 0.717) is 45.4 Å². The quantitative estimate of drug-likeness (QED) is 0.218. The van der Waals surface area contributed by atoms with E-state index in [-0.39, 0.29) is 24.4 Å². The fraction of sp³-hybridized carbons (Fsp3) is 0.581. The summed E-state index contributed by atoms with van der Waals surface area (Å²) in [6, 6.07) is 5.32. The number of anilines is 1. The number of hydrogen-bond acceptors (Lipinski definition) is 6. The van der Waals surface area contributed by atoms with E-state index in [1.165, 1.54) is 0 Å². The first-order valence-corrected chi connectivity index (χ1v) is 14.9. The molecule has 2 amide bonds. The Morgan fingerprint density at radius 1 is 1.21 bits per heavy atom. The second kappa shape index (κ2) is 11.9. The average molecular weight is 555 g/mol. The summed E-state index contributed by atoms with van der Waals surface area (Å²) in [7, 11) is 0. The summed E-state index contributed by atoms with van der Waals surface area (Å²) in [5.41, 5.74) is 2.82. The highest BCUT2D eigenvalue weighted by Crippen LogP contribution is 2.71. The molecule has 0 aliphatic carbocycles. The number of benzene rings is 1. The molecule has 5 atom stereocenters. The molecule has 0 saturated carbocycles. The molecule has 1 spiro atoms. The Morgan fingerprint density at radius 3 is 2.67 bits per heavy atom. The second-order valence-corrected chi connectivity index (χ2v) is 13.2. The molecule has 0 radical (unpaired) electrons. The minimum absolute atomic E-state index is 0.0206. The third kappa shape index (κ3) is 5.18. The number of nitrogens with zero attached hydrogens (tertiary/aromatic N) is 2. The third-order valence-electron chi connectivity index (χ3n) is 8.60. The SMILES string of the molecule is C=CCCCOC(=O)[C@H]1[C@H]2C(=O)N(CCCCO)C(C(=O)N(CC=C)c3cc(C)ccc3C)C23CC[C@]1(C)S3. The van der Waals surface area contributed by atoms with Crippen molar-refractivity contribution < 1.29 is 24.2 Å². The molecular formula is C31H42N2O5S. The normalized spacial score (nSPS) is 28.9. The van der Waals surface area contributed by atoms with Crippen molar-refractivity contribution >= 4 is 35.2 Å². The van der Waals surface area contributed by atoms with Gasteiger partial charge in [0.25, 0.3) is 5.91 Å². The smallest absolute Gasteiger partial charge is 0.311 e. The third-order valence-corrected chi connectivity index (χ3v) is 10.6. The van der Waals surface area contributed by atoms with Crippen LogP contribution >= 0.6 is 11.8 Å². The van der Waals surface area contributed by atoms with Gasteiger partial charge in [-0.1, -0.05) is 24.3 Å². The van der Waals surface area contributed by atoms with Crippen LogP contribution in [-0.4, -0.2) is 69.6 Å². The van der Waals surface area contributed by atoms with E-state index in [1.807, 2.05) is 32.0 Å². The van der Waals surface area contributed by atoms with Gasteiger partial charge in [-0.25, -0.2) is 0 Å². The van der Waals surface area contributed by atoms with Crippen molar-refractivity contribution in [1.82, 2.24) is 4.90 Å². The maximum Gasteiger partial charge on any atom is 0.311 e. The molecule has 4 rings (SSSR count). The number of hydrogen-bond donors (Lipinski definition) is 1. The summed E-state index contributed by atoms with van der Waals surface area (Å²) >= 11 is 1.65. The first kappa shape index (κ1) is 29.4. The van der Waals surface area contributed by atoms with Gasteiger partial charge in [-0.05, 0) is 76.5 Å². The number of rotatable bonds is 13. The average Bonchev–Trinajstić information content (AvgIpc) is 3.47. The molecule has 2 unspecified atom stereocenters. The standard InChI is InChI=1S/C31H42N2O5S/c1-6-8-11-19-38-29(37)25-24-27(35)33(17-9-10-18-34)26(31(24)15-14-30(25,5)39-31)28(36)32(16-7-2)23-20-21(3)12-13-22(23)4/h6-7,12-13,20,24-26,34H,1-2,8-11,14-19H2,3-5H3/t24-,25+,26?,30-,31?/m0/s1. The van der Waals surface area contributed by atoms with E-state index < -0.39 is 27.4 Å². The lowest BCUT2D eigenvalue weighted by Crippen LogP contribution is -2.55. The number of aliphatic hydroxyl groups is 1. The maximum atomic E-state index is 14.6. The van der Waals surface area contributed by atoms with Crippen molar-refractivity contribution in [1.29, 1.82) is 0 Å². The van der Waals surface area contributed by atoms with E-state index in [0.717, 1.165) is 29.7 Å². The summed E-state index contributed by atoms with van der Waals surface area (Å²) in [5, 5.41) is 9.42. The van der Waals surface area contributed by atoms with Crippen LogP contribution in [0.25, 0.3) is 0 Å². The zero-order valence-electron chi connectivity index (χ0n) is 23.5. The Bertz CT molecular complexity index is 1140. The maximum absolute atomic E-state index is 14.6. The van der Waals surface area contributed by atoms with Gasteiger partial charge in [0, 0.05) is 30.1 Å². The second-order valence-electron chi connectivity index (χ2n) is 11.3. The lowest BCUT2D eigenvalue weighted by Gasteiger charge is -2.37. The number of unbranched alkanes of at least 4 members (excludes halogenated alkanes) is 2. The molecule has 1 aromatic rings. The Labute approximate surface area is 236 Å². The van der Waals surface area contributed by atoms with E-state index in [1.54, 1.807) is 33.7 Å². The number of amides is 2. The van der Waals surface area contributed by atoms with Crippen LogP contribution in [0.5, 0.6) is 0 Å². The van der Waals surface area contributed by atoms with Gasteiger partial charge in [-0.2, -0.15) is 0 Å². The van der Waals surface area contributed by atoms with Gasteiger partial charge >= 0.3 is 5.97 Å². The predicted molar refractivity (Wildman–Crippen MR) is 156 cm³/mol.